The Morgan fingerprint density at radius 2 is 1.84 bits per heavy atom. The number of nitrogens with zero attached hydrogens (tertiary/aromatic N) is 4. The molecule has 5 aromatic rings. The molecule has 32 heavy (non-hydrogen) atoms. The van der Waals surface area contributed by atoms with Crippen LogP contribution in [0.3, 0.4) is 0 Å². The van der Waals surface area contributed by atoms with Gasteiger partial charge in [-0.15, -0.1) is 0 Å². The van der Waals surface area contributed by atoms with Gasteiger partial charge in [-0.2, -0.15) is 10.1 Å². The fourth-order valence-electron chi connectivity index (χ4n) is 3.98. The molecule has 0 aliphatic carbocycles. The number of fused-ring (bicyclic) bond motifs is 2. The second kappa shape index (κ2) is 7.80. The van der Waals surface area contributed by atoms with E-state index >= 15 is 0 Å². The van der Waals surface area contributed by atoms with Gasteiger partial charge in [0, 0.05) is 40.7 Å². The Morgan fingerprint density at radius 1 is 1.06 bits per heavy atom. The molecule has 3 heterocycles. The second-order valence-corrected chi connectivity index (χ2v) is 8.14. The highest BCUT2D eigenvalue weighted by Crippen LogP contribution is 2.29. The molecule has 0 aliphatic heterocycles. The van der Waals surface area contributed by atoms with Crippen molar-refractivity contribution in [2.24, 2.45) is 7.05 Å². The van der Waals surface area contributed by atoms with Crippen LogP contribution in [0.15, 0.2) is 65.6 Å². The lowest BCUT2D eigenvalue weighted by Gasteiger charge is -2.15. The number of hydrogen-bond donors (Lipinski definition) is 0. The Hall–Kier alpha value is -3.64. The van der Waals surface area contributed by atoms with E-state index in [0.29, 0.717) is 34.4 Å². The van der Waals surface area contributed by atoms with E-state index in [1.807, 2.05) is 69.6 Å². The Kier molecular flexibility index (Phi) is 4.94. The summed E-state index contributed by atoms with van der Waals surface area (Å²) >= 11 is 6.10. The summed E-state index contributed by atoms with van der Waals surface area (Å²) in [7, 11) is 1.88. The molecule has 0 spiro atoms. The van der Waals surface area contributed by atoms with Crippen LogP contribution >= 0.6 is 11.6 Å². The summed E-state index contributed by atoms with van der Waals surface area (Å²) in [4.78, 5) is 18.5. The highest BCUT2D eigenvalue weighted by molar-refractivity contribution is 6.30. The highest BCUT2D eigenvalue weighted by Gasteiger charge is 2.17. The predicted octanol–water partition coefficient (Wildman–Crippen LogP) is 5.30. The first-order valence-corrected chi connectivity index (χ1v) is 10.7. The van der Waals surface area contributed by atoms with Gasteiger partial charge in [-0.3, -0.25) is 14.0 Å². The molecule has 160 valence electrons. The molecule has 0 aliphatic rings. The lowest BCUT2D eigenvalue weighted by Crippen LogP contribution is -2.21. The van der Waals surface area contributed by atoms with Crippen LogP contribution in [-0.4, -0.2) is 25.9 Å². The van der Waals surface area contributed by atoms with E-state index in [1.165, 1.54) is 0 Å². The Balaban J connectivity index is 1.85. The monoisotopic (exact) mass is 444 g/mol. The Morgan fingerprint density at radius 3 is 2.59 bits per heavy atom. The molecule has 2 aromatic carbocycles. The van der Waals surface area contributed by atoms with E-state index in [2.05, 4.69) is 10.1 Å². The molecule has 3 aromatic heterocycles. The Labute approximate surface area is 189 Å². The largest absolute Gasteiger partial charge is 0.478 e. The predicted molar refractivity (Wildman–Crippen MR) is 128 cm³/mol. The SMILES string of the molecule is CCOc1cc(C)c2cc(-c3ccc4nn(C)cc4c3)c(=O)n(-c3ccc(Cl)cc3)c2n1. The maximum absolute atomic E-state index is 13.8. The van der Waals surface area contributed by atoms with Gasteiger partial charge in [0.2, 0.25) is 5.88 Å². The third kappa shape index (κ3) is 3.42. The lowest BCUT2D eigenvalue weighted by molar-refractivity contribution is 0.327. The van der Waals surface area contributed by atoms with Crippen LogP contribution in [0.1, 0.15) is 12.5 Å². The third-order valence-electron chi connectivity index (χ3n) is 5.46. The van der Waals surface area contributed by atoms with Crippen LogP contribution < -0.4 is 10.3 Å². The molecule has 0 bridgehead atoms. The van der Waals surface area contributed by atoms with Crippen LogP contribution in [0.25, 0.3) is 38.8 Å². The van der Waals surface area contributed by atoms with E-state index in [1.54, 1.807) is 21.4 Å². The topological polar surface area (TPSA) is 61.9 Å². The van der Waals surface area contributed by atoms with Gasteiger partial charge >= 0.3 is 0 Å². The number of benzene rings is 2. The molecule has 5 rings (SSSR count). The zero-order chi connectivity index (χ0) is 22.4. The van der Waals surface area contributed by atoms with Crippen molar-refractivity contribution in [2.45, 2.75) is 13.8 Å². The number of aromatic nitrogens is 4. The number of aryl methyl sites for hydroxylation is 2. The van der Waals surface area contributed by atoms with Crippen molar-refractivity contribution >= 4 is 33.5 Å². The number of hydrogen-bond acceptors (Lipinski definition) is 4. The van der Waals surface area contributed by atoms with E-state index in [4.69, 9.17) is 16.3 Å². The minimum atomic E-state index is -0.163. The van der Waals surface area contributed by atoms with E-state index in [-0.39, 0.29) is 5.56 Å². The Bertz CT molecular complexity index is 1530. The molecule has 0 N–H and O–H groups in total. The van der Waals surface area contributed by atoms with Crippen molar-refractivity contribution in [1.82, 2.24) is 19.3 Å². The zero-order valence-electron chi connectivity index (χ0n) is 18.0. The highest BCUT2D eigenvalue weighted by atomic mass is 35.5. The van der Waals surface area contributed by atoms with E-state index in [0.717, 1.165) is 27.4 Å². The van der Waals surface area contributed by atoms with Gasteiger partial charge in [0.05, 0.1) is 17.8 Å². The van der Waals surface area contributed by atoms with Crippen molar-refractivity contribution < 1.29 is 4.74 Å². The van der Waals surface area contributed by atoms with Gasteiger partial charge in [0.15, 0.2) is 5.65 Å². The molecule has 0 saturated carbocycles. The minimum Gasteiger partial charge on any atom is -0.478 e. The molecule has 0 saturated heterocycles. The minimum absolute atomic E-state index is 0.163. The fourth-order valence-corrected chi connectivity index (χ4v) is 4.11. The van der Waals surface area contributed by atoms with Crippen LogP contribution in [0.2, 0.25) is 5.02 Å². The van der Waals surface area contributed by atoms with Crippen molar-refractivity contribution in [2.75, 3.05) is 6.61 Å². The molecule has 0 atom stereocenters. The zero-order valence-corrected chi connectivity index (χ0v) is 18.7. The maximum Gasteiger partial charge on any atom is 0.264 e. The number of rotatable bonds is 4. The fraction of sp³-hybridized carbons (Fsp3) is 0.160. The molecular formula is C25H21ClN4O2. The average Bonchev–Trinajstić information content (AvgIpc) is 3.14. The summed E-state index contributed by atoms with van der Waals surface area (Å²) in [6.45, 7) is 4.40. The van der Waals surface area contributed by atoms with Gasteiger partial charge in [-0.25, -0.2) is 0 Å². The summed E-state index contributed by atoms with van der Waals surface area (Å²) in [6, 6.07) is 16.9. The first-order chi connectivity index (χ1) is 15.4. The van der Waals surface area contributed by atoms with E-state index < -0.39 is 0 Å². The molecule has 6 nitrogen and oxygen atoms in total. The number of ether oxygens (including phenoxy) is 1. The summed E-state index contributed by atoms with van der Waals surface area (Å²) in [5.41, 5.74) is 4.35. The summed E-state index contributed by atoms with van der Waals surface area (Å²) in [6.07, 6.45) is 1.94. The number of pyridine rings is 2. The van der Waals surface area contributed by atoms with Crippen molar-refractivity contribution in [3.63, 3.8) is 0 Å². The van der Waals surface area contributed by atoms with Crippen molar-refractivity contribution in [1.29, 1.82) is 0 Å². The normalized spacial score (nSPS) is 11.4. The van der Waals surface area contributed by atoms with Crippen LogP contribution in [-0.2, 0) is 7.05 Å². The molecule has 0 radical (unpaired) electrons. The first kappa shape index (κ1) is 20.3. The van der Waals surface area contributed by atoms with Crippen LogP contribution in [0.4, 0.5) is 0 Å². The van der Waals surface area contributed by atoms with Gasteiger partial charge in [0.1, 0.15) is 0 Å². The summed E-state index contributed by atoms with van der Waals surface area (Å²) in [5.74, 6) is 0.490. The van der Waals surface area contributed by atoms with Gasteiger partial charge in [-0.05, 0) is 67.4 Å². The summed E-state index contributed by atoms with van der Waals surface area (Å²) in [5, 5.41) is 6.89. The molecule has 0 amide bonds. The molecule has 7 heteroatoms. The molecule has 0 unspecified atom stereocenters. The molecule has 0 fully saturated rings. The first-order valence-electron chi connectivity index (χ1n) is 10.3. The van der Waals surface area contributed by atoms with Crippen LogP contribution in [0, 0.1) is 6.92 Å². The quantitative estimate of drug-likeness (QED) is 0.377. The molecular weight excluding hydrogens is 424 g/mol. The lowest BCUT2D eigenvalue weighted by atomic mass is 10.0. The van der Waals surface area contributed by atoms with Gasteiger partial charge in [-0.1, -0.05) is 17.7 Å². The average molecular weight is 445 g/mol. The number of halogens is 1. The maximum atomic E-state index is 13.8. The second-order valence-electron chi connectivity index (χ2n) is 7.70. The van der Waals surface area contributed by atoms with Gasteiger partial charge in [0.25, 0.3) is 5.56 Å². The smallest absolute Gasteiger partial charge is 0.264 e. The van der Waals surface area contributed by atoms with Crippen LogP contribution in [0.5, 0.6) is 5.88 Å². The van der Waals surface area contributed by atoms with E-state index in [9.17, 15) is 4.79 Å². The summed E-state index contributed by atoms with van der Waals surface area (Å²) < 4.78 is 9.05. The van der Waals surface area contributed by atoms with Gasteiger partial charge < -0.3 is 4.74 Å². The third-order valence-corrected chi connectivity index (χ3v) is 5.71. The van der Waals surface area contributed by atoms with Crippen molar-refractivity contribution in [3.05, 3.63) is 81.7 Å². The van der Waals surface area contributed by atoms with Crippen molar-refractivity contribution in [3.8, 4) is 22.7 Å². The standard InChI is InChI=1S/C25H21ClN4O2/c1-4-32-23-11-15(2)20-13-21(16-5-10-22-17(12-16)14-29(3)28-22)25(31)30(24(20)27-23)19-8-6-18(26)7-9-19/h5-14H,4H2,1-3H3.